The van der Waals surface area contributed by atoms with E-state index in [9.17, 15) is 10.1 Å². The number of ether oxygens (including phenoxy) is 1. The number of fused-ring (bicyclic) bond motifs is 1. The van der Waals surface area contributed by atoms with Crippen molar-refractivity contribution in [2.24, 2.45) is 5.92 Å². The second-order valence-electron chi connectivity index (χ2n) is 6.49. The second kappa shape index (κ2) is 8.20. The number of nitriles is 1. The number of nitrogens with zero attached hydrogens (tertiary/aromatic N) is 1. The maximum absolute atomic E-state index is 12.3. The number of carbonyl (C=O) groups is 1. The van der Waals surface area contributed by atoms with Crippen LogP contribution in [0.4, 0.5) is 5.00 Å². The largest absolute Gasteiger partial charge is 0.494 e. The van der Waals surface area contributed by atoms with Crippen LogP contribution in [0.2, 0.25) is 0 Å². The number of anilines is 1. The summed E-state index contributed by atoms with van der Waals surface area (Å²) in [6.45, 7) is 4.80. The third-order valence-corrected chi connectivity index (χ3v) is 5.65. The summed E-state index contributed by atoms with van der Waals surface area (Å²) < 4.78 is 5.41. The summed E-state index contributed by atoms with van der Waals surface area (Å²) in [5, 5.41) is 13.1. The maximum Gasteiger partial charge on any atom is 0.249 e. The molecule has 4 nitrogen and oxygen atoms in total. The smallest absolute Gasteiger partial charge is 0.249 e. The summed E-state index contributed by atoms with van der Waals surface area (Å²) in [6.07, 6.45) is 6.27. The fraction of sp³-hybridized carbons (Fsp3) is 0.333. The number of hydrogen-bond acceptors (Lipinski definition) is 4. The Morgan fingerprint density at radius 2 is 2.19 bits per heavy atom. The summed E-state index contributed by atoms with van der Waals surface area (Å²) in [4.78, 5) is 13.5. The number of hydrogen-bond donors (Lipinski definition) is 1. The van der Waals surface area contributed by atoms with Crippen LogP contribution >= 0.6 is 11.3 Å². The lowest BCUT2D eigenvalue weighted by Crippen LogP contribution is -2.10. The molecule has 26 heavy (non-hydrogen) atoms. The molecule has 1 aromatic carbocycles. The molecule has 0 spiro atoms. The van der Waals surface area contributed by atoms with Gasteiger partial charge in [0.2, 0.25) is 5.91 Å². The summed E-state index contributed by atoms with van der Waals surface area (Å²) in [5.74, 6) is 1.23. The van der Waals surface area contributed by atoms with Gasteiger partial charge >= 0.3 is 0 Å². The van der Waals surface area contributed by atoms with Crippen molar-refractivity contribution in [1.29, 1.82) is 5.26 Å². The van der Waals surface area contributed by atoms with Crippen molar-refractivity contribution in [2.45, 2.75) is 33.1 Å². The molecule has 1 aromatic heterocycles. The van der Waals surface area contributed by atoms with Crippen molar-refractivity contribution in [1.82, 2.24) is 0 Å². The highest BCUT2D eigenvalue weighted by Gasteiger charge is 2.24. The molecule has 0 bridgehead atoms. The molecule has 5 heteroatoms. The predicted octanol–water partition coefficient (Wildman–Crippen LogP) is 4.80. The lowest BCUT2D eigenvalue weighted by Gasteiger charge is -2.17. The molecular formula is C21H22N2O2S. The zero-order valence-corrected chi connectivity index (χ0v) is 15.9. The number of nitrogens with one attached hydrogen (secondary N) is 1. The first kappa shape index (κ1) is 18.2. The Bertz CT molecular complexity index is 859. The van der Waals surface area contributed by atoms with Crippen LogP contribution < -0.4 is 10.1 Å². The van der Waals surface area contributed by atoms with E-state index >= 15 is 0 Å². The van der Waals surface area contributed by atoms with Gasteiger partial charge in [0, 0.05) is 11.0 Å². The molecule has 1 unspecified atom stereocenters. The molecule has 1 N–H and O–H groups in total. The van der Waals surface area contributed by atoms with Crippen molar-refractivity contribution in [3.63, 3.8) is 0 Å². The Kier molecular flexibility index (Phi) is 5.75. The fourth-order valence-electron chi connectivity index (χ4n) is 3.12. The van der Waals surface area contributed by atoms with Gasteiger partial charge in [0.15, 0.2) is 0 Å². The molecule has 1 heterocycles. The van der Waals surface area contributed by atoms with E-state index in [1.807, 2.05) is 31.2 Å². The van der Waals surface area contributed by atoms with Gasteiger partial charge < -0.3 is 10.1 Å². The Balaban J connectivity index is 1.69. The molecule has 3 rings (SSSR count). The quantitative estimate of drug-likeness (QED) is 0.774. The SMILES string of the molecule is CCOc1ccc(C=CC(=O)Nc2sc3c(c2C#N)CCC(C)C3)cc1. The molecule has 0 aliphatic heterocycles. The van der Waals surface area contributed by atoms with Gasteiger partial charge in [-0.2, -0.15) is 5.26 Å². The molecule has 2 aromatic rings. The van der Waals surface area contributed by atoms with E-state index in [1.54, 1.807) is 17.4 Å². The number of rotatable bonds is 5. The van der Waals surface area contributed by atoms with Gasteiger partial charge in [-0.3, -0.25) is 4.79 Å². The summed E-state index contributed by atoms with van der Waals surface area (Å²) in [7, 11) is 0. The highest BCUT2D eigenvalue weighted by atomic mass is 32.1. The van der Waals surface area contributed by atoms with Crippen molar-refractivity contribution < 1.29 is 9.53 Å². The normalized spacial score (nSPS) is 16.1. The molecular weight excluding hydrogens is 344 g/mol. The van der Waals surface area contributed by atoms with Crippen LogP contribution in [0.5, 0.6) is 5.75 Å². The Labute approximate surface area is 158 Å². The van der Waals surface area contributed by atoms with Crippen LogP contribution in [0.3, 0.4) is 0 Å². The van der Waals surface area contributed by atoms with E-state index in [2.05, 4.69) is 18.3 Å². The van der Waals surface area contributed by atoms with E-state index in [4.69, 9.17) is 4.74 Å². The number of amides is 1. The first-order valence-corrected chi connectivity index (χ1v) is 9.69. The Morgan fingerprint density at radius 3 is 2.88 bits per heavy atom. The average molecular weight is 366 g/mol. The number of thiophene rings is 1. The topological polar surface area (TPSA) is 62.1 Å². The highest BCUT2D eigenvalue weighted by Crippen LogP contribution is 2.39. The highest BCUT2D eigenvalue weighted by molar-refractivity contribution is 7.16. The monoisotopic (exact) mass is 366 g/mol. The van der Waals surface area contributed by atoms with E-state index in [0.717, 1.165) is 36.1 Å². The maximum atomic E-state index is 12.3. The first-order chi connectivity index (χ1) is 12.6. The van der Waals surface area contributed by atoms with Gasteiger partial charge in [0.25, 0.3) is 0 Å². The van der Waals surface area contributed by atoms with Gasteiger partial charge in [-0.1, -0.05) is 19.1 Å². The lowest BCUT2D eigenvalue weighted by atomic mass is 9.89. The standard InChI is InChI=1S/C21H22N2O2S/c1-3-25-16-8-5-15(6-9-16)7-11-20(24)23-21-18(13-22)17-10-4-14(2)12-19(17)26-21/h5-9,11,14H,3-4,10,12H2,1-2H3,(H,23,24). The first-order valence-electron chi connectivity index (χ1n) is 8.87. The third-order valence-electron chi connectivity index (χ3n) is 4.48. The zero-order chi connectivity index (χ0) is 18.5. The van der Waals surface area contributed by atoms with Crippen LogP contribution in [0.1, 0.15) is 41.8 Å². The Hall–Kier alpha value is -2.58. The van der Waals surface area contributed by atoms with Crippen molar-refractivity contribution in [3.05, 3.63) is 51.9 Å². The van der Waals surface area contributed by atoms with E-state index in [0.29, 0.717) is 23.1 Å². The molecule has 134 valence electrons. The molecule has 1 atom stereocenters. The van der Waals surface area contributed by atoms with Crippen LogP contribution in [0, 0.1) is 17.2 Å². The van der Waals surface area contributed by atoms with Crippen LogP contribution in [0.15, 0.2) is 30.3 Å². The number of carbonyl (C=O) groups excluding carboxylic acids is 1. The van der Waals surface area contributed by atoms with E-state index < -0.39 is 0 Å². The Morgan fingerprint density at radius 1 is 1.42 bits per heavy atom. The van der Waals surface area contributed by atoms with Crippen LogP contribution in [0.25, 0.3) is 6.08 Å². The van der Waals surface area contributed by atoms with Gasteiger partial charge in [-0.05, 0) is 61.4 Å². The van der Waals surface area contributed by atoms with Crippen molar-refractivity contribution in [3.8, 4) is 11.8 Å². The molecule has 1 amide bonds. The lowest BCUT2D eigenvalue weighted by molar-refractivity contribution is -0.111. The molecule has 0 saturated heterocycles. The predicted molar refractivity (Wildman–Crippen MR) is 105 cm³/mol. The van der Waals surface area contributed by atoms with Gasteiger partial charge in [-0.25, -0.2) is 0 Å². The van der Waals surface area contributed by atoms with Crippen molar-refractivity contribution >= 4 is 28.3 Å². The minimum absolute atomic E-state index is 0.220. The van der Waals surface area contributed by atoms with E-state index in [-0.39, 0.29) is 5.91 Å². The van der Waals surface area contributed by atoms with Crippen molar-refractivity contribution in [2.75, 3.05) is 11.9 Å². The van der Waals surface area contributed by atoms with Crippen LogP contribution in [-0.2, 0) is 17.6 Å². The summed E-state index contributed by atoms with van der Waals surface area (Å²) in [5.41, 5.74) is 2.68. The fourth-order valence-corrected chi connectivity index (χ4v) is 4.49. The zero-order valence-electron chi connectivity index (χ0n) is 15.0. The molecule has 0 fully saturated rings. The van der Waals surface area contributed by atoms with Gasteiger partial charge in [0.1, 0.15) is 16.8 Å². The summed E-state index contributed by atoms with van der Waals surface area (Å²) in [6, 6.07) is 9.84. The molecule has 0 radical (unpaired) electrons. The molecule has 1 aliphatic rings. The second-order valence-corrected chi connectivity index (χ2v) is 7.60. The summed E-state index contributed by atoms with van der Waals surface area (Å²) >= 11 is 1.54. The minimum atomic E-state index is -0.220. The van der Waals surface area contributed by atoms with Gasteiger partial charge in [-0.15, -0.1) is 11.3 Å². The van der Waals surface area contributed by atoms with E-state index in [1.165, 1.54) is 11.0 Å². The molecule has 1 aliphatic carbocycles. The average Bonchev–Trinajstić information content (AvgIpc) is 2.97. The minimum Gasteiger partial charge on any atom is -0.494 e. The van der Waals surface area contributed by atoms with Crippen LogP contribution in [-0.4, -0.2) is 12.5 Å². The number of benzene rings is 1. The molecule has 0 saturated carbocycles. The third kappa shape index (κ3) is 4.14. The van der Waals surface area contributed by atoms with Gasteiger partial charge in [0.05, 0.1) is 12.2 Å².